The monoisotopic (exact) mass is 326 g/mol. The first-order valence-electron chi connectivity index (χ1n) is 8.65. The van der Waals surface area contributed by atoms with Crippen LogP contribution in [0.1, 0.15) is 41.6 Å². The van der Waals surface area contributed by atoms with Crippen LogP contribution in [-0.4, -0.2) is 50.9 Å². The van der Waals surface area contributed by atoms with Crippen molar-refractivity contribution in [1.82, 2.24) is 19.7 Å². The Morgan fingerprint density at radius 1 is 1.21 bits per heavy atom. The maximum Gasteiger partial charge on any atom is 0.254 e. The van der Waals surface area contributed by atoms with Crippen LogP contribution in [0.2, 0.25) is 0 Å². The number of ether oxygens (including phenoxy) is 1. The van der Waals surface area contributed by atoms with E-state index >= 15 is 0 Å². The lowest BCUT2D eigenvalue weighted by atomic mass is 9.89. The van der Waals surface area contributed by atoms with Gasteiger partial charge in [-0.15, -0.1) is 0 Å². The predicted octanol–water partition coefficient (Wildman–Crippen LogP) is 2.11. The van der Waals surface area contributed by atoms with Crippen molar-refractivity contribution < 1.29 is 9.53 Å². The first-order chi connectivity index (χ1) is 11.8. The van der Waals surface area contributed by atoms with Crippen LogP contribution in [0.5, 0.6) is 0 Å². The summed E-state index contributed by atoms with van der Waals surface area (Å²) in [7, 11) is 0. The molecule has 2 heterocycles. The molecule has 1 aliphatic heterocycles. The number of rotatable bonds is 3. The molecule has 126 valence electrons. The van der Waals surface area contributed by atoms with Crippen LogP contribution in [0, 0.1) is 0 Å². The molecule has 6 heteroatoms. The number of benzene rings is 1. The SMILES string of the molecule is O=C(c1ccc(Cn2cncn2)cc1)N1CCO[C@H]2CCCC[C@H]21. The minimum Gasteiger partial charge on any atom is -0.374 e. The van der Waals surface area contributed by atoms with Gasteiger partial charge in [0.05, 0.1) is 25.3 Å². The summed E-state index contributed by atoms with van der Waals surface area (Å²) in [5.41, 5.74) is 1.86. The third-order valence-electron chi connectivity index (χ3n) is 5.01. The molecule has 1 saturated carbocycles. The number of carbonyl (C=O) groups excluding carboxylic acids is 1. The molecule has 24 heavy (non-hydrogen) atoms. The zero-order valence-electron chi connectivity index (χ0n) is 13.7. The fraction of sp³-hybridized carbons (Fsp3) is 0.500. The van der Waals surface area contributed by atoms with Gasteiger partial charge in [0.25, 0.3) is 5.91 Å². The second kappa shape index (κ2) is 6.73. The summed E-state index contributed by atoms with van der Waals surface area (Å²) in [5, 5.41) is 4.10. The van der Waals surface area contributed by atoms with Gasteiger partial charge in [0.15, 0.2) is 0 Å². The van der Waals surface area contributed by atoms with Gasteiger partial charge in [0, 0.05) is 12.1 Å². The number of hydrogen-bond donors (Lipinski definition) is 0. The Morgan fingerprint density at radius 3 is 2.83 bits per heavy atom. The molecular weight excluding hydrogens is 304 g/mol. The molecule has 1 saturated heterocycles. The van der Waals surface area contributed by atoms with E-state index in [4.69, 9.17) is 4.74 Å². The smallest absolute Gasteiger partial charge is 0.254 e. The van der Waals surface area contributed by atoms with Gasteiger partial charge < -0.3 is 9.64 Å². The summed E-state index contributed by atoms with van der Waals surface area (Å²) in [6, 6.07) is 8.07. The van der Waals surface area contributed by atoms with Crippen LogP contribution in [0.15, 0.2) is 36.9 Å². The fourth-order valence-electron chi connectivity index (χ4n) is 3.77. The molecule has 2 atom stereocenters. The van der Waals surface area contributed by atoms with Crippen molar-refractivity contribution in [3.8, 4) is 0 Å². The van der Waals surface area contributed by atoms with E-state index in [1.54, 1.807) is 11.0 Å². The number of fused-ring (bicyclic) bond motifs is 1. The highest BCUT2D eigenvalue weighted by atomic mass is 16.5. The van der Waals surface area contributed by atoms with Crippen molar-refractivity contribution >= 4 is 5.91 Å². The lowest BCUT2D eigenvalue weighted by Crippen LogP contribution is -2.54. The van der Waals surface area contributed by atoms with Crippen molar-refractivity contribution in [1.29, 1.82) is 0 Å². The van der Waals surface area contributed by atoms with Gasteiger partial charge in [-0.05, 0) is 30.5 Å². The summed E-state index contributed by atoms with van der Waals surface area (Å²) >= 11 is 0. The summed E-state index contributed by atoms with van der Waals surface area (Å²) < 4.78 is 7.64. The van der Waals surface area contributed by atoms with Gasteiger partial charge in [-0.1, -0.05) is 25.0 Å². The highest BCUT2D eigenvalue weighted by molar-refractivity contribution is 5.94. The van der Waals surface area contributed by atoms with E-state index in [0.29, 0.717) is 19.7 Å². The second-order valence-electron chi connectivity index (χ2n) is 6.55. The Kier molecular flexibility index (Phi) is 4.30. The van der Waals surface area contributed by atoms with E-state index in [0.717, 1.165) is 24.0 Å². The molecular formula is C18H22N4O2. The standard InChI is InChI=1S/C18H22N4O2/c23-18(22-9-10-24-17-4-2-1-3-16(17)22)15-7-5-14(6-8-15)11-21-13-19-12-20-21/h5-8,12-13,16-17H,1-4,9-11H2/t16-,17+/m1/s1. The Hall–Kier alpha value is -2.21. The van der Waals surface area contributed by atoms with Gasteiger partial charge >= 0.3 is 0 Å². The minimum atomic E-state index is 0.127. The van der Waals surface area contributed by atoms with Crippen molar-refractivity contribution in [3.05, 3.63) is 48.0 Å². The van der Waals surface area contributed by atoms with E-state index in [1.807, 2.05) is 29.2 Å². The quantitative estimate of drug-likeness (QED) is 0.867. The Balaban J connectivity index is 1.47. The number of carbonyl (C=O) groups is 1. The van der Waals surface area contributed by atoms with Gasteiger partial charge in [-0.2, -0.15) is 5.10 Å². The van der Waals surface area contributed by atoms with Gasteiger partial charge in [-0.25, -0.2) is 9.67 Å². The van der Waals surface area contributed by atoms with Crippen LogP contribution in [-0.2, 0) is 11.3 Å². The molecule has 1 aromatic carbocycles. The number of nitrogens with zero attached hydrogens (tertiary/aromatic N) is 4. The van der Waals surface area contributed by atoms with Crippen LogP contribution in [0.3, 0.4) is 0 Å². The van der Waals surface area contributed by atoms with Crippen LogP contribution in [0.4, 0.5) is 0 Å². The molecule has 0 bridgehead atoms. The highest BCUT2D eigenvalue weighted by Crippen LogP contribution is 2.29. The summed E-state index contributed by atoms with van der Waals surface area (Å²) in [5.74, 6) is 0.127. The van der Waals surface area contributed by atoms with Crippen LogP contribution >= 0.6 is 0 Å². The van der Waals surface area contributed by atoms with Crippen molar-refractivity contribution in [2.75, 3.05) is 13.2 Å². The summed E-state index contributed by atoms with van der Waals surface area (Å²) in [6.07, 6.45) is 7.97. The zero-order valence-corrected chi connectivity index (χ0v) is 13.7. The second-order valence-corrected chi connectivity index (χ2v) is 6.55. The van der Waals surface area contributed by atoms with E-state index in [-0.39, 0.29) is 18.1 Å². The lowest BCUT2D eigenvalue weighted by molar-refractivity contribution is -0.0752. The van der Waals surface area contributed by atoms with E-state index in [9.17, 15) is 4.79 Å². The van der Waals surface area contributed by atoms with E-state index < -0.39 is 0 Å². The average Bonchev–Trinajstić information content (AvgIpc) is 3.14. The molecule has 0 radical (unpaired) electrons. The highest BCUT2D eigenvalue weighted by Gasteiger charge is 2.36. The minimum absolute atomic E-state index is 0.127. The number of morpholine rings is 1. The molecule has 1 aliphatic carbocycles. The number of amides is 1. The first-order valence-corrected chi connectivity index (χ1v) is 8.65. The zero-order chi connectivity index (χ0) is 16.4. The fourth-order valence-corrected chi connectivity index (χ4v) is 3.77. The maximum absolute atomic E-state index is 12.9. The molecule has 6 nitrogen and oxygen atoms in total. The topological polar surface area (TPSA) is 60.2 Å². The average molecular weight is 326 g/mol. The molecule has 2 aromatic rings. The lowest BCUT2D eigenvalue weighted by Gasteiger charge is -2.43. The maximum atomic E-state index is 12.9. The van der Waals surface area contributed by atoms with E-state index in [2.05, 4.69) is 10.1 Å². The number of hydrogen-bond acceptors (Lipinski definition) is 4. The molecule has 0 N–H and O–H groups in total. The van der Waals surface area contributed by atoms with Crippen LogP contribution in [0.25, 0.3) is 0 Å². The largest absolute Gasteiger partial charge is 0.374 e. The molecule has 0 unspecified atom stereocenters. The third kappa shape index (κ3) is 3.06. The van der Waals surface area contributed by atoms with E-state index in [1.165, 1.54) is 19.2 Å². The van der Waals surface area contributed by atoms with Gasteiger partial charge in [0.1, 0.15) is 12.7 Å². The molecule has 0 spiro atoms. The van der Waals surface area contributed by atoms with Gasteiger partial charge in [0.2, 0.25) is 0 Å². The molecule has 1 aromatic heterocycles. The Labute approximate surface area is 141 Å². The van der Waals surface area contributed by atoms with Crippen molar-refractivity contribution in [3.63, 3.8) is 0 Å². The summed E-state index contributed by atoms with van der Waals surface area (Å²) in [4.78, 5) is 18.9. The molecule has 1 amide bonds. The Morgan fingerprint density at radius 2 is 2.04 bits per heavy atom. The van der Waals surface area contributed by atoms with Crippen molar-refractivity contribution in [2.24, 2.45) is 0 Å². The summed E-state index contributed by atoms with van der Waals surface area (Å²) in [6.45, 7) is 2.01. The molecule has 2 fully saturated rings. The number of aromatic nitrogens is 3. The third-order valence-corrected chi connectivity index (χ3v) is 5.01. The van der Waals surface area contributed by atoms with Crippen LogP contribution < -0.4 is 0 Å². The van der Waals surface area contributed by atoms with Crippen molar-refractivity contribution in [2.45, 2.75) is 44.4 Å². The van der Waals surface area contributed by atoms with Gasteiger partial charge in [-0.3, -0.25) is 4.79 Å². The first kappa shape index (κ1) is 15.3. The molecule has 2 aliphatic rings. The molecule has 4 rings (SSSR count). The normalized spacial score (nSPS) is 23.8. The predicted molar refractivity (Wildman–Crippen MR) is 88.6 cm³/mol. The Bertz CT molecular complexity index is 682.